The Balaban J connectivity index is 2.31. The number of rotatable bonds is 4. The SMILES string of the molecule is Cc1cc(CC(C)N)cnc1N(C)c1ccccc1F. The van der Waals surface area contributed by atoms with Crippen molar-refractivity contribution in [2.75, 3.05) is 11.9 Å². The zero-order chi connectivity index (χ0) is 14.7. The molecule has 20 heavy (non-hydrogen) atoms. The van der Waals surface area contributed by atoms with E-state index in [1.165, 1.54) is 6.07 Å². The molecule has 0 aliphatic heterocycles. The molecule has 2 aromatic rings. The van der Waals surface area contributed by atoms with Crippen LogP contribution in [0.5, 0.6) is 0 Å². The smallest absolute Gasteiger partial charge is 0.146 e. The third-order valence-corrected chi connectivity index (χ3v) is 3.20. The van der Waals surface area contributed by atoms with Crippen molar-refractivity contribution in [3.8, 4) is 0 Å². The fourth-order valence-electron chi connectivity index (χ4n) is 2.30. The highest BCUT2D eigenvalue weighted by atomic mass is 19.1. The fourth-order valence-corrected chi connectivity index (χ4v) is 2.30. The van der Waals surface area contributed by atoms with E-state index < -0.39 is 0 Å². The maximum atomic E-state index is 13.8. The summed E-state index contributed by atoms with van der Waals surface area (Å²) >= 11 is 0. The third-order valence-electron chi connectivity index (χ3n) is 3.20. The first-order chi connectivity index (χ1) is 9.49. The Kier molecular flexibility index (Phi) is 4.35. The molecule has 0 aliphatic rings. The quantitative estimate of drug-likeness (QED) is 0.930. The first kappa shape index (κ1) is 14.5. The number of aromatic nitrogens is 1. The number of hydrogen-bond donors (Lipinski definition) is 1. The van der Waals surface area contributed by atoms with Gasteiger partial charge < -0.3 is 10.6 Å². The van der Waals surface area contributed by atoms with E-state index in [0.29, 0.717) is 5.69 Å². The molecule has 0 spiro atoms. The molecule has 0 bridgehead atoms. The van der Waals surface area contributed by atoms with E-state index in [2.05, 4.69) is 11.1 Å². The van der Waals surface area contributed by atoms with E-state index in [0.717, 1.165) is 23.4 Å². The van der Waals surface area contributed by atoms with Gasteiger partial charge in [-0.25, -0.2) is 9.37 Å². The highest BCUT2D eigenvalue weighted by Crippen LogP contribution is 2.27. The van der Waals surface area contributed by atoms with Crippen LogP contribution in [0.3, 0.4) is 0 Å². The second-order valence-electron chi connectivity index (χ2n) is 5.18. The minimum absolute atomic E-state index is 0.103. The number of aryl methyl sites for hydroxylation is 1. The lowest BCUT2D eigenvalue weighted by molar-refractivity contribution is 0.627. The molecule has 1 aromatic carbocycles. The molecule has 106 valence electrons. The number of halogens is 1. The van der Waals surface area contributed by atoms with Crippen molar-refractivity contribution >= 4 is 11.5 Å². The van der Waals surface area contributed by atoms with Crippen LogP contribution in [0.4, 0.5) is 15.9 Å². The minimum atomic E-state index is -0.254. The maximum Gasteiger partial charge on any atom is 0.146 e. The lowest BCUT2D eigenvalue weighted by Crippen LogP contribution is -2.19. The second-order valence-corrected chi connectivity index (χ2v) is 5.18. The topological polar surface area (TPSA) is 42.1 Å². The van der Waals surface area contributed by atoms with Crippen LogP contribution in [-0.4, -0.2) is 18.1 Å². The zero-order valence-electron chi connectivity index (χ0n) is 12.1. The van der Waals surface area contributed by atoms with Crippen LogP contribution < -0.4 is 10.6 Å². The number of pyridine rings is 1. The number of benzene rings is 1. The van der Waals surface area contributed by atoms with E-state index in [9.17, 15) is 4.39 Å². The molecule has 0 fully saturated rings. The van der Waals surface area contributed by atoms with E-state index in [-0.39, 0.29) is 11.9 Å². The van der Waals surface area contributed by atoms with Gasteiger partial charge in [-0.3, -0.25) is 0 Å². The van der Waals surface area contributed by atoms with Crippen molar-refractivity contribution in [2.24, 2.45) is 5.73 Å². The Hall–Kier alpha value is -1.94. The van der Waals surface area contributed by atoms with Crippen molar-refractivity contribution in [1.82, 2.24) is 4.98 Å². The van der Waals surface area contributed by atoms with Gasteiger partial charge in [-0.15, -0.1) is 0 Å². The molecule has 4 heteroatoms. The van der Waals surface area contributed by atoms with Crippen LogP contribution in [0.2, 0.25) is 0 Å². The third kappa shape index (κ3) is 3.14. The van der Waals surface area contributed by atoms with Gasteiger partial charge in [0.25, 0.3) is 0 Å². The summed E-state index contributed by atoms with van der Waals surface area (Å²) in [6.07, 6.45) is 2.60. The number of para-hydroxylation sites is 1. The van der Waals surface area contributed by atoms with E-state index in [4.69, 9.17) is 5.73 Å². The van der Waals surface area contributed by atoms with Crippen molar-refractivity contribution in [3.05, 3.63) is 53.5 Å². The summed E-state index contributed by atoms with van der Waals surface area (Å²) in [7, 11) is 1.82. The van der Waals surface area contributed by atoms with Crippen LogP contribution in [0.15, 0.2) is 36.5 Å². The minimum Gasteiger partial charge on any atom is -0.328 e. The predicted octanol–water partition coefficient (Wildman–Crippen LogP) is 3.19. The van der Waals surface area contributed by atoms with Crippen LogP contribution >= 0.6 is 0 Å². The molecule has 0 saturated carbocycles. The van der Waals surface area contributed by atoms with Gasteiger partial charge >= 0.3 is 0 Å². The molecular formula is C16H20FN3. The summed E-state index contributed by atoms with van der Waals surface area (Å²) in [4.78, 5) is 6.22. The summed E-state index contributed by atoms with van der Waals surface area (Å²) in [5, 5.41) is 0. The Morgan fingerprint density at radius 2 is 2.05 bits per heavy atom. The monoisotopic (exact) mass is 273 g/mol. The van der Waals surface area contributed by atoms with Gasteiger partial charge in [0.2, 0.25) is 0 Å². The molecule has 1 atom stereocenters. The van der Waals surface area contributed by atoms with Crippen LogP contribution in [0.1, 0.15) is 18.1 Å². The van der Waals surface area contributed by atoms with Crippen molar-refractivity contribution < 1.29 is 4.39 Å². The van der Waals surface area contributed by atoms with Gasteiger partial charge in [-0.1, -0.05) is 18.2 Å². The van der Waals surface area contributed by atoms with Crippen LogP contribution in [0, 0.1) is 12.7 Å². The maximum absolute atomic E-state index is 13.8. The molecular weight excluding hydrogens is 253 g/mol. The molecule has 0 radical (unpaired) electrons. The van der Waals surface area contributed by atoms with Gasteiger partial charge in [0.15, 0.2) is 0 Å². The standard InChI is InChI=1S/C16H20FN3/c1-11-8-13(9-12(2)18)10-19-16(11)20(3)15-7-5-4-6-14(15)17/h4-8,10,12H,9,18H2,1-3H3. The molecule has 1 aromatic heterocycles. The molecule has 1 heterocycles. The van der Waals surface area contributed by atoms with Crippen molar-refractivity contribution in [3.63, 3.8) is 0 Å². The van der Waals surface area contributed by atoms with Gasteiger partial charge in [0.05, 0.1) is 5.69 Å². The molecule has 2 rings (SSSR count). The summed E-state index contributed by atoms with van der Waals surface area (Å²) in [6, 6.07) is 8.85. The largest absolute Gasteiger partial charge is 0.328 e. The van der Waals surface area contributed by atoms with Crippen LogP contribution in [-0.2, 0) is 6.42 Å². The fraction of sp³-hybridized carbons (Fsp3) is 0.312. The number of nitrogens with zero attached hydrogens (tertiary/aromatic N) is 2. The average molecular weight is 273 g/mol. The number of nitrogens with two attached hydrogens (primary N) is 1. The summed E-state index contributed by atoms with van der Waals surface area (Å²) in [6.45, 7) is 3.94. The Labute approximate surface area is 119 Å². The van der Waals surface area contributed by atoms with Crippen molar-refractivity contribution in [1.29, 1.82) is 0 Å². The van der Waals surface area contributed by atoms with Crippen molar-refractivity contribution in [2.45, 2.75) is 26.3 Å². The normalized spacial score (nSPS) is 12.2. The Morgan fingerprint density at radius 1 is 1.35 bits per heavy atom. The Bertz CT molecular complexity index is 596. The van der Waals surface area contributed by atoms with Gasteiger partial charge in [0.1, 0.15) is 11.6 Å². The van der Waals surface area contributed by atoms with E-state index in [1.54, 1.807) is 17.0 Å². The summed E-state index contributed by atoms with van der Waals surface area (Å²) in [5.41, 5.74) is 8.42. The molecule has 3 nitrogen and oxygen atoms in total. The molecule has 0 amide bonds. The number of anilines is 2. The first-order valence-electron chi connectivity index (χ1n) is 6.68. The molecule has 0 aliphatic carbocycles. The van der Waals surface area contributed by atoms with Gasteiger partial charge in [0, 0.05) is 19.3 Å². The second kappa shape index (κ2) is 6.01. The van der Waals surface area contributed by atoms with E-state index in [1.807, 2.05) is 33.2 Å². The van der Waals surface area contributed by atoms with Crippen LogP contribution in [0.25, 0.3) is 0 Å². The molecule has 1 unspecified atom stereocenters. The lowest BCUT2D eigenvalue weighted by atomic mass is 10.1. The summed E-state index contributed by atoms with van der Waals surface area (Å²) in [5.74, 6) is 0.499. The highest BCUT2D eigenvalue weighted by molar-refractivity contribution is 5.62. The Morgan fingerprint density at radius 3 is 2.65 bits per heavy atom. The van der Waals surface area contributed by atoms with E-state index >= 15 is 0 Å². The molecule has 0 saturated heterocycles. The molecule has 2 N–H and O–H groups in total. The first-order valence-corrected chi connectivity index (χ1v) is 6.68. The summed E-state index contributed by atoms with van der Waals surface area (Å²) < 4.78 is 13.8. The lowest BCUT2D eigenvalue weighted by Gasteiger charge is -2.21. The number of hydrogen-bond acceptors (Lipinski definition) is 3. The average Bonchev–Trinajstić information content (AvgIpc) is 2.38. The predicted molar refractivity (Wildman–Crippen MR) is 80.8 cm³/mol. The van der Waals surface area contributed by atoms with Gasteiger partial charge in [-0.2, -0.15) is 0 Å². The zero-order valence-corrected chi connectivity index (χ0v) is 12.1. The highest BCUT2D eigenvalue weighted by Gasteiger charge is 2.12. The van der Waals surface area contributed by atoms with Gasteiger partial charge in [-0.05, 0) is 43.5 Å².